The molecule has 21 heavy (non-hydrogen) atoms. The van der Waals surface area contributed by atoms with Gasteiger partial charge in [-0.25, -0.2) is 13.1 Å². The molecule has 1 N–H and O–H groups in total. The maximum Gasteiger partial charge on any atom is 0.293 e. The standard InChI is InChI=1S/C13H19N3O4S/c1-10-5-7-15(8-6-10)12-4-3-11(21(19,20)14-2)9-13(12)16(17)18/h3-4,9-10,14H,5-8H2,1-2H3. The second-order valence-electron chi connectivity index (χ2n) is 5.28. The molecule has 0 amide bonds. The Bertz CT molecular complexity index is 637. The van der Waals surface area contributed by atoms with Gasteiger partial charge < -0.3 is 4.90 Å². The molecule has 1 aromatic rings. The topological polar surface area (TPSA) is 92.6 Å². The Hall–Kier alpha value is -1.67. The molecule has 1 aliphatic rings. The number of nitro benzene ring substituents is 1. The largest absolute Gasteiger partial charge is 0.366 e. The van der Waals surface area contributed by atoms with Crippen molar-refractivity contribution in [2.75, 3.05) is 25.0 Å². The first kappa shape index (κ1) is 15.7. The zero-order valence-corrected chi connectivity index (χ0v) is 12.9. The maximum absolute atomic E-state index is 11.8. The van der Waals surface area contributed by atoms with E-state index < -0.39 is 14.9 Å². The van der Waals surface area contributed by atoms with E-state index in [4.69, 9.17) is 0 Å². The van der Waals surface area contributed by atoms with Gasteiger partial charge in [0.1, 0.15) is 5.69 Å². The van der Waals surface area contributed by atoms with Crippen LogP contribution in [0.15, 0.2) is 23.1 Å². The number of rotatable bonds is 4. The minimum atomic E-state index is -3.68. The monoisotopic (exact) mass is 313 g/mol. The molecule has 8 heteroatoms. The van der Waals surface area contributed by atoms with Crippen molar-refractivity contribution < 1.29 is 13.3 Å². The third kappa shape index (κ3) is 3.33. The first-order chi connectivity index (χ1) is 9.85. The average molecular weight is 313 g/mol. The van der Waals surface area contributed by atoms with E-state index in [1.54, 1.807) is 0 Å². The van der Waals surface area contributed by atoms with Crippen molar-refractivity contribution in [2.45, 2.75) is 24.7 Å². The molecule has 7 nitrogen and oxygen atoms in total. The molecular formula is C13H19N3O4S. The highest BCUT2D eigenvalue weighted by Crippen LogP contribution is 2.33. The summed E-state index contributed by atoms with van der Waals surface area (Å²) < 4.78 is 25.7. The van der Waals surface area contributed by atoms with Crippen molar-refractivity contribution in [1.82, 2.24) is 4.72 Å². The molecule has 0 atom stereocenters. The third-order valence-corrected chi connectivity index (χ3v) is 5.26. The van der Waals surface area contributed by atoms with Gasteiger partial charge in [0.2, 0.25) is 10.0 Å². The summed E-state index contributed by atoms with van der Waals surface area (Å²) in [6.45, 7) is 3.66. The Morgan fingerprint density at radius 3 is 2.48 bits per heavy atom. The highest BCUT2D eigenvalue weighted by atomic mass is 32.2. The second-order valence-corrected chi connectivity index (χ2v) is 7.17. The molecule has 0 aliphatic carbocycles. The number of sulfonamides is 1. The Morgan fingerprint density at radius 1 is 1.33 bits per heavy atom. The number of nitro groups is 1. The van der Waals surface area contributed by atoms with Gasteiger partial charge in [-0.05, 0) is 37.9 Å². The Balaban J connectivity index is 2.41. The number of piperidine rings is 1. The molecule has 0 saturated carbocycles. The predicted molar refractivity (Wildman–Crippen MR) is 80.0 cm³/mol. The summed E-state index contributed by atoms with van der Waals surface area (Å²) in [5, 5.41) is 11.3. The van der Waals surface area contributed by atoms with E-state index in [1.165, 1.54) is 19.2 Å². The molecule has 1 aromatic carbocycles. The fourth-order valence-corrected chi connectivity index (χ4v) is 3.20. The Labute approximate surface area is 124 Å². The lowest BCUT2D eigenvalue weighted by Crippen LogP contribution is -2.33. The van der Waals surface area contributed by atoms with Crippen LogP contribution < -0.4 is 9.62 Å². The van der Waals surface area contributed by atoms with Gasteiger partial charge >= 0.3 is 0 Å². The van der Waals surface area contributed by atoms with Crippen molar-refractivity contribution in [2.24, 2.45) is 5.92 Å². The molecule has 0 bridgehead atoms. The van der Waals surface area contributed by atoms with Gasteiger partial charge in [0, 0.05) is 19.2 Å². The van der Waals surface area contributed by atoms with Crippen molar-refractivity contribution in [1.29, 1.82) is 0 Å². The number of nitrogens with zero attached hydrogens (tertiary/aromatic N) is 2. The average Bonchev–Trinajstić information content (AvgIpc) is 2.47. The molecule has 1 aliphatic heterocycles. The van der Waals surface area contributed by atoms with Gasteiger partial charge in [-0.1, -0.05) is 6.92 Å². The van der Waals surface area contributed by atoms with Gasteiger partial charge in [-0.2, -0.15) is 0 Å². The van der Waals surface area contributed by atoms with E-state index in [1.807, 2.05) is 4.90 Å². The summed E-state index contributed by atoms with van der Waals surface area (Å²) in [5.41, 5.74) is 0.322. The normalized spacial score (nSPS) is 17.0. The molecule has 116 valence electrons. The van der Waals surface area contributed by atoms with E-state index in [0.717, 1.165) is 32.0 Å². The van der Waals surface area contributed by atoms with Gasteiger partial charge in [0.15, 0.2) is 0 Å². The third-order valence-electron chi connectivity index (χ3n) is 3.85. The number of benzene rings is 1. The van der Waals surface area contributed by atoms with Crippen LogP contribution in [-0.4, -0.2) is 33.5 Å². The van der Waals surface area contributed by atoms with Gasteiger partial charge in [-0.15, -0.1) is 0 Å². The second kappa shape index (κ2) is 5.98. The van der Waals surface area contributed by atoms with Crippen LogP contribution in [0.5, 0.6) is 0 Å². The lowest BCUT2D eigenvalue weighted by atomic mass is 9.98. The van der Waals surface area contributed by atoms with E-state index in [0.29, 0.717) is 11.6 Å². The summed E-state index contributed by atoms with van der Waals surface area (Å²) >= 11 is 0. The van der Waals surface area contributed by atoms with E-state index in [-0.39, 0.29) is 10.6 Å². The van der Waals surface area contributed by atoms with E-state index in [2.05, 4.69) is 11.6 Å². The minimum absolute atomic E-state index is 0.0918. The fourth-order valence-electron chi connectivity index (χ4n) is 2.45. The zero-order chi connectivity index (χ0) is 15.6. The minimum Gasteiger partial charge on any atom is -0.366 e. The van der Waals surface area contributed by atoms with Crippen LogP contribution in [0.25, 0.3) is 0 Å². The highest BCUT2D eigenvalue weighted by molar-refractivity contribution is 7.89. The van der Waals surface area contributed by atoms with E-state index >= 15 is 0 Å². The smallest absolute Gasteiger partial charge is 0.293 e. The first-order valence-corrected chi connectivity index (χ1v) is 8.30. The molecule has 0 aromatic heterocycles. The van der Waals surface area contributed by atoms with Crippen molar-refractivity contribution in [3.63, 3.8) is 0 Å². The van der Waals surface area contributed by atoms with Crippen molar-refractivity contribution >= 4 is 21.4 Å². The zero-order valence-electron chi connectivity index (χ0n) is 12.1. The number of hydrogen-bond acceptors (Lipinski definition) is 5. The van der Waals surface area contributed by atoms with E-state index in [9.17, 15) is 18.5 Å². The maximum atomic E-state index is 11.8. The Morgan fingerprint density at radius 2 is 1.95 bits per heavy atom. The van der Waals surface area contributed by atoms with Gasteiger partial charge in [-0.3, -0.25) is 10.1 Å². The first-order valence-electron chi connectivity index (χ1n) is 6.82. The van der Waals surface area contributed by atoms with Gasteiger partial charge in [0.25, 0.3) is 5.69 Å². The quantitative estimate of drug-likeness (QED) is 0.675. The number of anilines is 1. The van der Waals surface area contributed by atoms with Crippen LogP contribution in [0.1, 0.15) is 19.8 Å². The van der Waals surface area contributed by atoms with Crippen LogP contribution in [0.4, 0.5) is 11.4 Å². The molecule has 2 rings (SSSR count). The van der Waals surface area contributed by atoms with Crippen LogP contribution >= 0.6 is 0 Å². The highest BCUT2D eigenvalue weighted by Gasteiger charge is 2.25. The van der Waals surface area contributed by atoms with Crippen LogP contribution in [-0.2, 0) is 10.0 Å². The Kier molecular flexibility index (Phi) is 4.48. The SMILES string of the molecule is CNS(=O)(=O)c1ccc(N2CCC(C)CC2)c([N+](=O)[O-])c1. The molecule has 1 saturated heterocycles. The summed E-state index contributed by atoms with van der Waals surface area (Å²) in [4.78, 5) is 12.6. The molecule has 0 unspecified atom stereocenters. The molecule has 0 radical (unpaired) electrons. The molecule has 1 fully saturated rings. The van der Waals surface area contributed by atoms with Crippen LogP contribution in [0, 0.1) is 16.0 Å². The lowest BCUT2D eigenvalue weighted by Gasteiger charge is -2.31. The summed E-state index contributed by atoms with van der Waals surface area (Å²) in [7, 11) is -2.40. The molecular weight excluding hydrogens is 294 g/mol. The number of nitrogens with one attached hydrogen (secondary N) is 1. The fraction of sp³-hybridized carbons (Fsp3) is 0.538. The predicted octanol–water partition coefficient (Wildman–Crippen LogP) is 1.74. The number of hydrogen-bond donors (Lipinski definition) is 1. The molecule has 1 heterocycles. The lowest BCUT2D eigenvalue weighted by molar-refractivity contribution is -0.384. The van der Waals surface area contributed by atoms with Crippen LogP contribution in [0.3, 0.4) is 0 Å². The summed E-state index contributed by atoms with van der Waals surface area (Å²) in [6.07, 6.45) is 1.96. The van der Waals surface area contributed by atoms with Crippen molar-refractivity contribution in [3.05, 3.63) is 28.3 Å². The summed E-state index contributed by atoms with van der Waals surface area (Å²) in [5.74, 6) is 0.615. The van der Waals surface area contributed by atoms with Gasteiger partial charge in [0.05, 0.1) is 9.82 Å². The molecule has 0 spiro atoms. The van der Waals surface area contributed by atoms with Crippen LogP contribution in [0.2, 0.25) is 0 Å². The van der Waals surface area contributed by atoms with Crippen molar-refractivity contribution in [3.8, 4) is 0 Å². The summed E-state index contributed by atoms with van der Waals surface area (Å²) in [6, 6.07) is 4.06.